The Labute approximate surface area is 112 Å². The fraction of sp³-hybridized carbons (Fsp3) is 0.533. The Morgan fingerprint density at radius 2 is 2.21 bits per heavy atom. The van der Waals surface area contributed by atoms with Crippen LogP contribution in [0.4, 0.5) is 10.1 Å². The third-order valence-corrected chi connectivity index (χ3v) is 4.47. The zero-order chi connectivity index (χ0) is 13.4. The van der Waals surface area contributed by atoms with E-state index in [0.29, 0.717) is 17.6 Å². The minimum Gasteiger partial charge on any atom is -0.465 e. The van der Waals surface area contributed by atoms with Crippen molar-refractivity contribution < 1.29 is 13.9 Å². The maximum absolute atomic E-state index is 13.3. The highest BCUT2D eigenvalue weighted by atomic mass is 19.1. The van der Waals surface area contributed by atoms with Crippen molar-refractivity contribution in [2.45, 2.75) is 31.7 Å². The number of halogens is 1. The number of carbonyl (C=O) groups is 1. The molecular formula is C15H18FNO2. The Bertz CT molecular complexity index is 503. The molecule has 3 nitrogen and oxygen atoms in total. The molecular weight excluding hydrogens is 245 g/mol. The van der Waals surface area contributed by atoms with Crippen molar-refractivity contribution in [3.8, 4) is 0 Å². The maximum Gasteiger partial charge on any atom is 0.340 e. The Balaban J connectivity index is 1.82. The van der Waals surface area contributed by atoms with Gasteiger partial charge in [-0.2, -0.15) is 0 Å². The molecule has 19 heavy (non-hydrogen) atoms. The average molecular weight is 263 g/mol. The van der Waals surface area contributed by atoms with Gasteiger partial charge in [-0.25, -0.2) is 9.18 Å². The normalized spacial score (nSPS) is 28.4. The molecule has 2 bridgehead atoms. The van der Waals surface area contributed by atoms with E-state index in [4.69, 9.17) is 4.74 Å². The van der Waals surface area contributed by atoms with Crippen molar-refractivity contribution >= 4 is 11.7 Å². The molecule has 0 heterocycles. The molecule has 3 rings (SSSR count). The van der Waals surface area contributed by atoms with E-state index in [1.165, 1.54) is 38.5 Å². The molecule has 102 valence electrons. The summed E-state index contributed by atoms with van der Waals surface area (Å²) in [6.45, 7) is 0. The topological polar surface area (TPSA) is 38.3 Å². The number of fused-ring (bicyclic) bond motifs is 2. The highest BCUT2D eigenvalue weighted by molar-refractivity contribution is 5.95. The number of hydrogen-bond donors (Lipinski definition) is 1. The van der Waals surface area contributed by atoms with Gasteiger partial charge >= 0.3 is 5.97 Å². The van der Waals surface area contributed by atoms with Gasteiger partial charge in [-0.3, -0.25) is 0 Å². The van der Waals surface area contributed by atoms with Crippen LogP contribution in [-0.4, -0.2) is 19.1 Å². The fourth-order valence-corrected chi connectivity index (χ4v) is 3.54. The first-order valence-corrected chi connectivity index (χ1v) is 6.82. The van der Waals surface area contributed by atoms with Crippen molar-refractivity contribution in [2.75, 3.05) is 12.4 Å². The zero-order valence-corrected chi connectivity index (χ0v) is 11.0. The summed E-state index contributed by atoms with van der Waals surface area (Å²) in [6.07, 6.45) is 5.03. The average Bonchev–Trinajstić information content (AvgIpc) is 3.02. The predicted molar refractivity (Wildman–Crippen MR) is 70.6 cm³/mol. The first-order chi connectivity index (χ1) is 9.17. The van der Waals surface area contributed by atoms with E-state index in [9.17, 15) is 9.18 Å². The van der Waals surface area contributed by atoms with Crippen LogP contribution in [-0.2, 0) is 4.74 Å². The van der Waals surface area contributed by atoms with Crippen molar-refractivity contribution in [2.24, 2.45) is 11.8 Å². The molecule has 3 unspecified atom stereocenters. The van der Waals surface area contributed by atoms with Crippen LogP contribution in [0.1, 0.15) is 36.0 Å². The lowest BCUT2D eigenvalue weighted by atomic mass is 9.95. The van der Waals surface area contributed by atoms with Crippen LogP contribution in [0.15, 0.2) is 18.2 Å². The van der Waals surface area contributed by atoms with E-state index in [1.807, 2.05) is 0 Å². The second-order valence-corrected chi connectivity index (χ2v) is 5.61. The Kier molecular flexibility index (Phi) is 3.17. The molecule has 2 aliphatic rings. The van der Waals surface area contributed by atoms with E-state index < -0.39 is 11.8 Å². The van der Waals surface area contributed by atoms with Gasteiger partial charge in [0.05, 0.1) is 12.7 Å². The Hall–Kier alpha value is -1.58. The molecule has 4 heteroatoms. The number of ether oxygens (including phenoxy) is 1. The Morgan fingerprint density at radius 1 is 1.37 bits per heavy atom. The number of rotatable bonds is 3. The van der Waals surface area contributed by atoms with Crippen LogP contribution in [0.5, 0.6) is 0 Å². The molecule has 0 saturated heterocycles. The molecule has 1 aromatic carbocycles. The van der Waals surface area contributed by atoms with Crippen LogP contribution in [0.2, 0.25) is 0 Å². The highest BCUT2D eigenvalue weighted by Gasteiger charge is 2.39. The molecule has 2 saturated carbocycles. The molecule has 0 aromatic heterocycles. The van der Waals surface area contributed by atoms with Crippen LogP contribution < -0.4 is 5.32 Å². The van der Waals surface area contributed by atoms with Gasteiger partial charge in [0.1, 0.15) is 5.82 Å². The summed E-state index contributed by atoms with van der Waals surface area (Å²) in [4.78, 5) is 11.7. The van der Waals surface area contributed by atoms with E-state index in [-0.39, 0.29) is 5.56 Å². The maximum atomic E-state index is 13.3. The number of nitrogens with one attached hydrogen (secondary N) is 1. The minimum atomic E-state index is -0.495. The molecule has 1 N–H and O–H groups in total. The van der Waals surface area contributed by atoms with Crippen molar-refractivity contribution in [1.82, 2.24) is 0 Å². The number of hydrogen-bond acceptors (Lipinski definition) is 3. The monoisotopic (exact) mass is 263 g/mol. The van der Waals surface area contributed by atoms with Crippen LogP contribution >= 0.6 is 0 Å². The van der Waals surface area contributed by atoms with Gasteiger partial charge in [-0.05, 0) is 49.3 Å². The predicted octanol–water partition coefficient (Wildman–Crippen LogP) is 3.21. The Morgan fingerprint density at radius 3 is 2.84 bits per heavy atom. The van der Waals surface area contributed by atoms with Gasteiger partial charge in [0.15, 0.2) is 0 Å². The van der Waals surface area contributed by atoms with E-state index in [0.717, 1.165) is 12.3 Å². The molecule has 3 atom stereocenters. The third kappa shape index (κ3) is 2.31. The molecule has 2 fully saturated rings. The van der Waals surface area contributed by atoms with Gasteiger partial charge in [0.2, 0.25) is 0 Å². The lowest BCUT2D eigenvalue weighted by molar-refractivity contribution is 0.0601. The van der Waals surface area contributed by atoms with Crippen molar-refractivity contribution in [3.63, 3.8) is 0 Å². The van der Waals surface area contributed by atoms with E-state index >= 15 is 0 Å². The van der Waals surface area contributed by atoms with E-state index in [2.05, 4.69) is 5.32 Å². The second kappa shape index (κ2) is 4.83. The van der Waals surface area contributed by atoms with Crippen molar-refractivity contribution in [3.05, 3.63) is 29.6 Å². The third-order valence-electron chi connectivity index (χ3n) is 4.47. The quantitative estimate of drug-likeness (QED) is 0.851. The number of esters is 1. The number of anilines is 1. The lowest BCUT2D eigenvalue weighted by Gasteiger charge is -2.25. The summed E-state index contributed by atoms with van der Waals surface area (Å²) in [7, 11) is 1.31. The number of methoxy groups -OCH3 is 1. The molecule has 0 aliphatic heterocycles. The summed E-state index contributed by atoms with van der Waals surface area (Å²) in [6, 6.07) is 4.66. The van der Waals surface area contributed by atoms with Gasteiger partial charge in [-0.15, -0.1) is 0 Å². The molecule has 1 aromatic rings. The largest absolute Gasteiger partial charge is 0.465 e. The van der Waals surface area contributed by atoms with E-state index in [1.54, 1.807) is 6.07 Å². The highest BCUT2D eigenvalue weighted by Crippen LogP contribution is 2.45. The second-order valence-electron chi connectivity index (χ2n) is 5.61. The smallest absolute Gasteiger partial charge is 0.340 e. The molecule has 2 aliphatic carbocycles. The van der Waals surface area contributed by atoms with Crippen LogP contribution in [0.25, 0.3) is 0 Å². The zero-order valence-electron chi connectivity index (χ0n) is 11.0. The summed E-state index contributed by atoms with van der Waals surface area (Å²) in [5.41, 5.74) is 0.969. The summed E-state index contributed by atoms with van der Waals surface area (Å²) in [5, 5.41) is 3.42. The fourth-order valence-electron chi connectivity index (χ4n) is 3.54. The first-order valence-electron chi connectivity index (χ1n) is 6.82. The summed E-state index contributed by atoms with van der Waals surface area (Å²) >= 11 is 0. The number of carbonyl (C=O) groups excluding carboxylic acids is 1. The molecule has 0 spiro atoms. The van der Waals surface area contributed by atoms with Crippen LogP contribution in [0, 0.1) is 17.7 Å². The van der Waals surface area contributed by atoms with Crippen LogP contribution in [0.3, 0.4) is 0 Å². The molecule has 0 radical (unpaired) electrons. The summed E-state index contributed by atoms with van der Waals surface area (Å²) in [5.74, 6) is 0.606. The van der Waals surface area contributed by atoms with Crippen molar-refractivity contribution in [1.29, 1.82) is 0 Å². The van der Waals surface area contributed by atoms with Gasteiger partial charge in [0, 0.05) is 11.7 Å². The lowest BCUT2D eigenvalue weighted by Crippen LogP contribution is -2.27. The minimum absolute atomic E-state index is 0.283. The standard InChI is InChI=1S/C15H18FNO2/c1-19-15(18)12-8-11(16)4-5-13(12)17-14-7-9-2-3-10(14)6-9/h4-5,8-10,14,17H,2-3,6-7H2,1H3. The first kappa shape index (κ1) is 12.5. The van der Waals surface area contributed by atoms with Gasteiger partial charge < -0.3 is 10.1 Å². The summed E-state index contributed by atoms with van der Waals surface area (Å²) < 4.78 is 18.0. The van der Waals surface area contributed by atoms with Gasteiger partial charge in [0.25, 0.3) is 0 Å². The molecule has 0 amide bonds. The van der Waals surface area contributed by atoms with Gasteiger partial charge in [-0.1, -0.05) is 6.42 Å². The SMILES string of the molecule is COC(=O)c1cc(F)ccc1NC1CC2CCC1C2. The number of benzene rings is 1.